The number of fused-ring (bicyclic) bond motifs is 1. The number of rotatable bonds is 6. The zero-order chi connectivity index (χ0) is 22.8. The van der Waals surface area contributed by atoms with Crippen LogP contribution in [0.25, 0.3) is 0 Å². The highest BCUT2D eigenvalue weighted by Gasteiger charge is 2.51. The number of benzene rings is 3. The molecule has 2 aliphatic rings. The van der Waals surface area contributed by atoms with Gasteiger partial charge in [0.2, 0.25) is 0 Å². The van der Waals surface area contributed by atoms with Gasteiger partial charge in [0.25, 0.3) is 0 Å². The molecule has 0 bridgehead atoms. The molecule has 1 heterocycles. The van der Waals surface area contributed by atoms with Crippen LogP contribution < -0.4 is 0 Å². The van der Waals surface area contributed by atoms with E-state index in [0.29, 0.717) is 0 Å². The quantitative estimate of drug-likeness (QED) is 0.524. The van der Waals surface area contributed by atoms with Crippen LogP contribution in [-0.2, 0) is 31.3 Å². The SMILES string of the molecule is CCc1cc(CC)cc(C2(N3CCN(Cc4ccccc4)CC3)Cc3ccccc3C2=O)c1. The monoisotopic (exact) mass is 438 g/mol. The zero-order valence-corrected chi connectivity index (χ0v) is 19.9. The predicted octanol–water partition coefficient (Wildman–Crippen LogP) is 5.26. The first-order valence-electron chi connectivity index (χ1n) is 12.4. The molecule has 0 amide bonds. The molecule has 170 valence electrons. The van der Waals surface area contributed by atoms with Crippen molar-refractivity contribution in [2.45, 2.75) is 45.2 Å². The van der Waals surface area contributed by atoms with Crippen LogP contribution in [0.1, 0.15) is 52.0 Å². The third kappa shape index (κ3) is 4.05. The topological polar surface area (TPSA) is 23.6 Å². The van der Waals surface area contributed by atoms with Gasteiger partial charge in [0.05, 0.1) is 0 Å². The third-order valence-electron chi connectivity index (χ3n) is 7.59. The van der Waals surface area contributed by atoms with Crippen LogP contribution in [0, 0.1) is 0 Å². The van der Waals surface area contributed by atoms with Gasteiger partial charge in [-0.3, -0.25) is 14.6 Å². The number of aryl methyl sites for hydroxylation is 2. The van der Waals surface area contributed by atoms with Crippen LogP contribution in [0.4, 0.5) is 0 Å². The summed E-state index contributed by atoms with van der Waals surface area (Å²) in [6, 6.07) is 25.9. The number of ketones is 1. The van der Waals surface area contributed by atoms with Gasteiger partial charge in [0.1, 0.15) is 5.54 Å². The van der Waals surface area contributed by atoms with E-state index >= 15 is 0 Å². The lowest BCUT2D eigenvalue weighted by Gasteiger charge is -2.45. The third-order valence-corrected chi connectivity index (χ3v) is 7.59. The van der Waals surface area contributed by atoms with Gasteiger partial charge in [-0.2, -0.15) is 0 Å². The second-order valence-corrected chi connectivity index (χ2v) is 9.52. The molecule has 1 aliphatic heterocycles. The first-order valence-corrected chi connectivity index (χ1v) is 12.4. The summed E-state index contributed by atoms with van der Waals surface area (Å²) >= 11 is 0. The fourth-order valence-electron chi connectivity index (χ4n) is 5.68. The van der Waals surface area contributed by atoms with Crippen LogP contribution in [0.15, 0.2) is 72.8 Å². The molecule has 3 nitrogen and oxygen atoms in total. The van der Waals surface area contributed by atoms with E-state index < -0.39 is 5.54 Å². The summed E-state index contributed by atoms with van der Waals surface area (Å²) < 4.78 is 0. The van der Waals surface area contributed by atoms with E-state index in [1.54, 1.807) is 0 Å². The Balaban J connectivity index is 1.49. The first-order chi connectivity index (χ1) is 16.1. The molecule has 0 spiro atoms. The van der Waals surface area contributed by atoms with Gasteiger partial charge >= 0.3 is 0 Å². The summed E-state index contributed by atoms with van der Waals surface area (Å²) in [6.07, 6.45) is 2.75. The molecule has 0 radical (unpaired) electrons. The summed E-state index contributed by atoms with van der Waals surface area (Å²) in [5.74, 6) is 0.282. The van der Waals surface area contributed by atoms with Crippen molar-refractivity contribution >= 4 is 5.78 Å². The zero-order valence-electron chi connectivity index (χ0n) is 19.9. The molecule has 3 heteroatoms. The predicted molar refractivity (Wildman–Crippen MR) is 135 cm³/mol. The van der Waals surface area contributed by atoms with Crippen LogP contribution in [0.2, 0.25) is 0 Å². The minimum absolute atomic E-state index is 0.282. The molecule has 0 aromatic heterocycles. The smallest absolute Gasteiger partial charge is 0.188 e. The van der Waals surface area contributed by atoms with E-state index in [1.807, 2.05) is 12.1 Å². The molecule has 3 aromatic rings. The molecule has 1 unspecified atom stereocenters. The molecular formula is C30H34N2O. The van der Waals surface area contributed by atoms with Crippen molar-refractivity contribution in [1.82, 2.24) is 9.80 Å². The highest BCUT2D eigenvalue weighted by atomic mass is 16.1. The minimum Gasteiger partial charge on any atom is -0.297 e. The number of carbonyl (C=O) groups excluding carboxylic acids is 1. The molecule has 0 saturated carbocycles. The fraction of sp³-hybridized carbons (Fsp3) is 0.367. The van der Waals surface area contributed by atoms with Gasteiger partial charge < -0.3 is 0 Å². The number of hydrogen-bond donors (Lipinski definition) is 0. The Morgan fingerprint density at radius 3 is 2.03 bits per heavy atom. The molecule has 33 heavy (non-hydrogen) atoms. The number of carbonyl (C=O) groups is 1. The normalized spacial score (nSPS) is 21.3. The van der Waals surface area contributed by atoms with Crippen molar-refractivity contribution in [3.63, 3.8) is 0 Å². The van der Waals surface area contributed by atoms with Gasteiger partial charge in [-0.25, -0.2) is 0 Å². The van der Waals surface area contributed by atoms with Crippen molar-refractivity contribution in [3.05, 3.63) is 106 Å². The van der Waals surface area contributed by atoms with Gasteiger partial charge in [-0.15, -0.1) is 0 Å². The van der Waals surface area contributed by atoms with Crippen molar-refractivity contribution in [1.29, 1.82) is 0 Å². The number of piperazine rings is 1. The Hall–Kier alpha value is -2.75. The van der Waals surface area contributed by atoms with Crippen molar-refractivity contribution in [2.75, 3.05) is 26.2 Å². The lowest BCUT2D eigenvalue weighted by atomic mass is 9.81. The largest absolute Gasteiger partial charge is 0.297 e. The summed E-state index contributed by atoms with van der Waals surface area (Å²) in [5.41, 5.74) is 6.71. The molecular weight excluding hydrogens is 404 g/mol. The molecule has 5 rings (SSSR count). The van der Waals surface area contributed by atoms with Gasteiger partial charge in [0, 0.05) is 44.7 Å². The minimum atomic E-state index is -0.586. The maximum Gasteiger partial charge on any atom is 0.188 e. The molecule has 1 saturated heterocycles. The summed E-state index contributed by atoms with van der Waals surface area (Å²) in [5, 5.41) is 0. The number of nitrogens with zero attached hydrogens (tertiary/aromatic N) is 2. The van der Waals surface area contributed by atoms with Crippen LogP contribution in [-0.4, -0.2) is 41.8 Å². The van der Waals surface area contributed by atoms with Crippen molar-refractivity contribution < 1.29 is 4.79 Å². The maximum absolute atomic E-state index is 14.1. The molecule has 3 aromatic carbocycles. The average molecular weight is 439 g/mol. The Morgan fingerprint density at radius 2 is 1.39 bits per heavy atom. The summed E-state index contributed by atoms with van der Waals surface area (Å²) in [4.78, 5) is 19.1. The fourth-order valence-corrected chi connectivity index (χ4v) is 5.68. The highest BCUT2D eigenvalue weighted by molar-refractivity contribution is 6.08. The van der Waals surface area contributed by atoms with Crippen molar-refractivity contribution in [3.8, 4) is 0 Å². The number of hydrogen-bond acceptors (Lipinski definition) is 3. The molecule has 1 aliphatic carbocycles. The van der Waals surface area contributed by atoms with Crippen LogP contribution in [0.5, 0.6) is 0 Å². The Morgan fingerprint density at radius 1 is 0.758 bits per heavy atom. The summed E-state index contributed by atoms with van der Waals surface area (Å²) in [6.45, 7) is 9.16. The van der Waals surface area contributed by atoms with Crippen LogP contribution in [0.3, 0.4) is 0 Å². The lowest BCUT2D eigenvalue weighted by Crippen LogP contribution is -2.58. The Labute approximate surface area is 198 Å². The highest BCUT2D eigenvalue weighted by Crippen LogP contribution is 2.43. The molecule has 0 N–H and O–H groups in total. The van der Waals surface area contributed by atoms with Crippen LogP contribution >= 0.6 is 0 Å². The molecule has 1 fully saturated rings. The Kier molecular flexibility index (Phi) is 6.18. The second-order valence-electron chi connectivity index (χ2n) is 9.52. The Bertz CT molecular complexity index is 1110. The number of Topliss-reactive ketones (excluding diaryl/α,β-unsaturated/α-hetero) is 1. The van der Waals surface area contributed by atoms with E-state index in [2.05, 4.69) is 84.3 Å². The standard InChI is InChI=1S/C30H34N2O/c1-3-23-18-24(4-2)20-27(19-23)30(21-26-12-8-9-13-28(26)29(30)33)32-16-14-31(15-17-32)22-25-10-6-5-7-11-25/h5-13,18-20H,3-4,14-17,21-22H2,1-2H3. The van der Waals surface area contributed by atoms with Gasteiger partial charge in [0.15, 0.2) is 5.78 Å². The van der Waals surface area contributed by atoms with Gasteiger partial charge in [-0.1, -0.05) is 86.6 Å². The van der Waals surface area contributed by atoms with Gasteiger partial charge in [-0.05, 0) is 40.7 Å². The lowest BCUT2D eigenvalue weighted by molar-refractivity contribution is 0.0288. The maximum atomic E-state index is 14.1. The van der Waals surface area contributed by atoms with E-state index in [1.165, 1.54) is 27.8 Å². The van der Waals surface area contributed by atoms with E-state index in [9.17, 15) is 4.79 Å². The first kappa shape index (κ1) is 22.1. The average Bonchev–Trinajstić information content (AvgIpc) is 3.18. The van der Waals surface area contributed by atoms with Crippen molar-refractivity contribution in [2.24, 2.45) is 0 Å². The van der Waals surface area contributed by atoms with E-state index in [-0.39, 0.29) is 5.78 Å². The molecule has 1 atom stereocenters. The van der Waals surface area contributed by atoms with E-state index in [0.717, 1.165) is 57.5 Å². The second kappa shape index (κ2) is 9.24. The summed E-state index contributed by atoms with van der Waals surface area (Å²) in [7, 11) is 0. The van der Waals surface area contributed by atoms with E-state index in [4.69, 9.17) is 0 Å².